The van der Waals surface area contributed by atoms with Crippen LogP contribution in [0.4, 0.5) is 5.82 Å². The smallest absolute Gasteiger partial charge is 0.287 e. The van der Waals surface area contributed by atoms with Crippen molar-refractivity contribution in [2.75, 3.05) is 5.32 Å². The molecule has 0 saturated heterocycles. The van der Waals surface area contributed by atoms with E-state index >= 15 is 0 Å². The van der Waals surface area contributed by atoms with Gasteiger partial charge < -0.3 is 19.6 Å². The van der Waals surface area contributed by atoms with Crippen LogP contribution >= 0.6 is 0 Å². The van der Waals surface area contributed by atoms with Crippen molar-refractivity contribution < 1.29 is 18.5 Å². The third-order valence-corrected chi connectivity index (χ3v) is 4.87. The number of aryl methyl sites for hydroxylation is 2. The van der Waals surface area contributed by atoms with Crippen molar-refractivity contribution in [3.05, 3.63) is 64.7 Å². The van der Waals surface area contributed by atoms with E-state index in [1.165, 1.54) is 0 Å². The Morgan fingerprint density at radius 3 is 2.50 bits per heavy atom. The first kappa shape index (κ1) is 19.4. The lowest BCUT2D eigenvalue weighted by Crippen LogP contribution is -2.40. The van der Waals surface area contributed by atoms with Crippen LogP contribution in [0.5, 0.6) is 0 Å². The maximum Gasteiger partial charge on any atom is 0.287 e. The number of hydrogen-bond donors (Lipinski definition) is 3. The Morgan fingerprint density at radius 2 is 1.83 bits per heavy atom. The molecule has 0 unspecified atom stereocenters. The van der Waals surface area contributed by atoms with E-state index in [0.29, 0.717) is 22.5 Å². The molecule has 0 atom stereocenters. The Morgan fingerprint density at radius 1 is 1.10 bits per heavy atom. The first-order chi connectivity index (χ1) is 14.3. The molecule has 0 spiro atoms. The number of carbonyl (C=O) groups excluding carboxylic acids is 2. The molecule has 9 heteroatoms. The normalized spacial score (nSPS) is 11.6. The summed E-state index contributed by atoms with van der Waals surface area (Å²) in [5.41, 5.74) is 1.94. The number of furan rings is 1. The Labute approximate surface area is 171 Å². The highest BCUT2D eigenvalue weighted by Crippen LogP contribution is 2.27. The number of benzene rings is 1. The number of fused-ring (bicyclic) bond motifs is 1. The molecule has 9 nitrogen and oxygen atoms in total. The van der Waals surface area contributed by atoms with Crippen LogP contribution in [-0.2, 0) is 5.54 Å². The summed E-state index contributed by atoms with van der Waals surface area (Å²) in [6, 6.07) is 11.2. The number of aromatic nitrogens is 3. The summed E-state index contributed by atoms with van der Waals surface area (Å²) in [4.78, 5) is 25.3. The van der Waals surface area contributed by atoms with Crippen LogP contribution in [0.1, 0.15) is 51.8 Å². The van der Waals surface area contributed by atoms with Crippen LogP contribution in [0.2, 0.25) is 0 Å². The zero-order valence-electron chi connectivity index (χ0n) is 17.0. The zero-order valence-corrected chi connectivity index (χ0v) is 17.0. The van der Waals surface area contributed by atoms with E-state index in [4.69, 9.17) is 8.94 Å². The van der Waals surface area contributed by atoms with Gasteiger partial charge in [-0.25, -0.2) is 0 Å². The van der Waals surface area contributed by atoms with Crippen LogP contribution in [-0.4, -0.2) is 27.2 Å². The lowest BCUT2D eigenvalue weighted by Gasteiger charge is -2.26. The molecule has 3 aromatic heterocycles. The van der Waals surface area contributed by atoms with Crippen molar-refractivity contribution in [2.24, 2.45) is 0 Å². The molecule has 0 aliphatic heterocycles. The summed E-state index contributed by atoms with van der Waals surface area (Å²) in [5.74, 6) is -0.116. The van der Waals surface area contributed by atoms with E-state index in [2.05, 4.69) is 26.0 Å². The molecular formula is C21H21N5O4. The van der Waals surface area contributed by atoms with Crippen LogP contribution in [0, 0.1) is 13.8 Å². The van der Waals surface area contributed by atoms with Gasteiger partial charge in [0.25, 0.3) is 11.8 Å². The Bertz CT molecular complexity index is 1210. The molecule has 0 bridgehead atoms. The molecule has 0 radical (unpaired) electrons. The fourth-order valence-corrected chi connectivity index (χ4v) is 3.26. The van der Waals surface area contributed by atoms with Crippen LogP contribution in [0.25, 0.3) is 11.1 Å². The third-order valence-electron chi connectivity index (χ3n) is 4.87. The lowest BCUT2D eigenvalue weighted by molar-refractivity contribution is 0.0885. The summed E-state index contributed by atoms with van der Waals surface area (Å²) in [6.45, 7) is 7.14. The molecule has 4 rings (SSSR count). The van der Waals surface area contributed by atoms with Gasteiger partial charge in [-0.15, -0.1) is 0 Å². The molecule has 3 heterocycles. The number of carbonyl (C=O) groups is 2. The van der Waals surface area contributed by atoms with Crippen molar-refractivity contribution in [1.29, 1.82) is 0 Å². The third kappa shape index (κ3) is 3.45. The van der Waals surface area contributed by atoms with Crippen molar-refractivity contribution in [1.82, 2.24) is 20.7 Å². The number of rotatable bonds is 5. The van der Waals surface area contributed by atoms with Gasteiger partial charge in [-0.2, -0.15) is 5.10 Å². The molecule has 4 aromatic rings. The minimum Gasteiger partial charge on any atom is -0.445 e. The SMILES string of the molecule is Cc1noc(C)c1C(=O)Nc1n[nH]c2cc(C(=O)NC(C)(C)c3ccccc3)oc12. The van der Waals surface area contributed by atoms with Gasteiger partial charge in [0.05, 0.1) is 11.2 Å². The molecule has 0 saturated carbocycles. The molecule has 2 amide bonds. The second-order valence-electron chi connectivity index (χ2n) is 7.52. The van der Waals surface area contributed by atoms with Gasteiger partial charge in [0, 0.05) is 6.07 Å². The van der Waals surface area contributed by atoms with Crippen LogP contribution in [0.15, 0.2) is 45.3 Å². The minimum absolute atomic E-state index is 0.107. The number of anilines is 1. The predicted molar refractivity (Wildman–Crippen MR) is 109 cm³/mol. The molecular weight excluding hydrogens is 386 g/mol. The first-order valence-electron chi connectivity index (χ1n) is 9.36. The van der Waals surface area contributed by atoms with Gasteiger partial charge in [-0.3, -0.25) is 14.7 Å². The number of H-pyrrole nitrogens is 1. The predicted octanol–water partition coefficient (Wildman–Crippen LogP) is 3.68. The van der Waals surface area contributed by atoms with E-state index in [1.54, 1.807) is 19.9 Å². The van der Waals surface area contributed by atoms with Crippen molar-refractivity contribution in [2.45, 2.75) is 33.2 Å². The molecule has 154 valence electrons. The lowest BCUT2D eigenvalue weighted by atomic mass is 9.94. The van der Waals surface area contributed by atoms with Crippen molar-refractivity contribution in [3.63, 3.8) is 0 Å². The highest BCUT2D eigenvalue weighted by Gasteiger charge is 2.26. The second kappa shape index (κ2) is 7.18. The zero-order chi connectivity index (χ0) is 21.5. The van der Waals surface area contributed by atoms with E-state index in [9.17, 15) is 9.59 Å². The standard InChI is InChI=1S/C21H21N5O4/c1-11-16(12(2)30-26-11)20(28)22-18-17-14(24-25-18)10-15(29-17)19(27)23-21(3,4)13-8-6-5-7-9-13/h5-10H,1-4H3,(H,23,27)(H2,22,24,25,28). The fraction of sp³-hybridized carbons (Fsp3) is 0.238. The van der Waals surface area contributed by atoms with Gasteiger partial charge in [0.1, 0.15) is 16.8 Å². The highest BCUT2D eigenvalue weighted by molar-refractivity contribution is 6.08. The fourth-order valence-electron chi connectivity index (χ4n) is 3.26. The Balaban J connectivity index is 1.55. The number of hydrogen-bond acceptors (Lipinski definition) is 6. The van der Waals surface area contributed by atoms with E-state index in [0.717, 1.165) is 5.56 Å². The molecule has 0 aliphatic carbocycles. The van der Waals surface area contributed by atoms with Crippen molar-refractivity contribution >= 4 is 28.7 Å². The van der Waals surface area contributed by atoms with Gasteiger partial charge in [0.2, 0.25) is 0 Å². The van der Waals surface area contributed by atoms with E-state index < -0.39 is 11.4 Å². The quantitative estimate of drug-likeness (QED) is 0.463. The van der Waals surface area contributed by atoms with Crippen LogP contribution < -0.4 is 10.6 Å². The Kier molecular flexibility index (Phi) is 4.65. The van der Waals surface area contributed by atoms with E-state index in [1.807, 2.05) is 44.2 Å². The van der Waals surface area contributed by atoms with Gasteiger partial charge >= 0.3 is 0 Å². The van der Waals surface area contributed by atoms with E-state index in [-0.39, 0.29) is 23.1 Å². The summed E-state index contributed by atoms with van der Waals surface area (Å²) >= 11 is 0. The maximum absolute atomic E-state index is 12.8. The summed E-state index contributed by atoms with van der Waals surface area (Å²) in [7, 11) is 0. The summed E-state index contributed by atoms with van der Waals surface area (Å²) in [5, 5.41) is 16.2. The van der Waals surface area contributed by atoms with Crippen molar-refractivity contribution in [3.8, 4) is 0 Å². The highest BCUT2D eigenvalue weighted by atomic mass is 16.5. The number of nitrogens with zero attached hydrogens (tertiary/aromatic N) is 2. The largest absolute Gasteiger partial charge is 0.445 e. The molecule has 3 N–H and O–H groups in total. The molecule has 1 aromatic carbocycles. The van der Waals surface area contributed by atoms with Gasteiger partial charge in [-0.05, 0) is 33.3 Å². The first-order valence-corrected chi connectivity index (χ1v) is 9.36. The van der Waals surface area contributed by atoms with Gasteiger partial charge in [0.15, 0.2) is 17.2 Å². The maximum atomic E-state index is 12.8. The summed E-state index contributed by atoms with van der Waals surface area (Å²) < 4.78 is 10.7. The number of amides is 2. The molecule has 0 aliphatic rings. The van der Waals surface area contributed by atoms with Crippen LogP contribution in [0.3, 0.4) is 0 Å². The number of nitrogens with one attached hydrogen (secondary N) is 3. The summed E-state index contributed by atoms with van der Waals surface area (Å²) in [6.07, 6.45) is 0. The Hall–Kier alpha value is -3.88. The second-order valence-corrected chi connectivity index (χ2v) is 7.52. The van der Waals surface area contributed by atoms with Gasteiger partial charge in [-0.1, -0.05) is 35.5 Å². The number of aromatic amines is 1. The molecule has 30 heavy (non-hydrogen) atoms. The monoisotopic (exact) mass is 407 g/mol. The average Bonchev–Trinajstić information content (AvgIpc) is 3.38. The topological polar surface area (TPSA) is 126 Å². The minimum atomic E-state index is -0.600. The average molecular weight is 407 g/mol. The molecule has 0 fully saturated rings.